The van der Waals surface area contributed by atoms with Crippen LogP contribution in [0.4, 0.5) is 23.7 Å². The van der Waals surface area contributed by atoms with Crippen LogP contribution in [0.1, 0.15) is 12.0 Å². The highest BCUT2D eigenvalue weighted by Gasteiger charge is 2.17. The van der Waals surface area contributed by atoms with Gasteiger partial charge in [0.1, 0.15) is 5.75 Å². The predicted molar refractivity (Wildman–Crippen MR) is 158 cm³/mol. The van der Waals surface area contributed by atoms with Crippen LogP contribution in [-0.2, 0) is 4.74 Å². The van der Waals surface area contributed by atoms with Crippen molar-refractivity contribution in [2.45, 2.75) is 6.42 Å². The second kappa shape index (κ2) is 14.1. The van der Waals surface area contributed by atoms with Crippen molar-refractivity contribution in [2.24, 2.45) is 10.8 Å². The number of amides is 2. The number of ether oxygens (including phenoxy) is 4. The largest absolute Gasteiger partial charge is 0.493 e. The molecule has 13 heteroatoms. The topological polar surface area (TPSA) is 112 Å². The molecule has 1 aliphatic heterocycles. The van der Waals surface area contributed by atoms with Crippen molar-refractivity contribution < 1.29 is 36.9 Å². The monoisotopic (exact) mass is 609 g/mol. The van der Waals surface area contributed by atoms with E-state index in [0.717, 1.165) is 63.7 Å². The fourth-order valence-corrected chi connectivity index (χ4v) is 4.58. The first-order chi connectivity index (χ1) is 21.3. The van der Waals surface area contributed by atoms with E-state index in [1.54, 1.807) is 18.2 Å². The molecule has 0 bridgehead atoms. The Hall–Kier alpha value is -4.88. The van der Waals surface area contributed by atoms with E-state index in [9.17, 15) is 13.6 Å². The first-order valence-electron chi connectivity index (χ1n) is 13.8. The Kier molecular flexibility index (Phi) is 9.77. The van der Waals surface area contributed by atoms with E-state index in [0.29, 0.717) is 39.8 Å². The number of hydrogen-bond donors (Lipinski definition) is 1. The van der Waals surface area contributed by atoms with Crippen molar-refractivity contribution in [1.29, 1.82) is 0 Å². The van der Waals surface area contributed by atoms with Crippen molar-refractivity contribution in [3.63, 3.8) is 0 Å². The zero-order valence-electron chi connectivity index (χ0n) is 23.8. The number of nitrogens with two attached hydrogens (primary N) is 1. The molecule has 3 aromatic carbocycles. The van der Waals surface area contributed by atoms with Gasteiger partial charge >= 0.3 is 6.03 Å². The quantitative estimate of drug-likeness (QED) is 0.136. The summed E-state index contributed by atoms with van der Waals surface area (Å²) in [6, 6.07) is 10.8. The van der Waals surface area contributed by atoms with Crippen LogP contribution in [0.5, 0.6) is 23.0 Å². The van der Waals surface area contributed by atoms with E-state index < -0.39 is 23.5 Å². The molecule has 0 unspecified atom stereocenters. The Bertz CT molecular complexity index is 1670. The average Bonchev–Trinajstić information content (AvgIpc) is 3.02. The average molecular weight is 610 g/mol. The number of fused-ring (bicyclic) bond motifs is 1. The molecular weight excluding hydrogens is 579 g/mol. The number of carbonyl (C=O) groups is 1. The molecule has 2 N–H and O–H groups in total. The van der Waals surface area contributed by atoms with Crippen LogP contribution < -0.4 is 25.0 Å². The highest BCUT2D eigenvalue weighted by Crippen LogP contribution is 2.38. The summed E-state index contributed by atoms with van der Waals surface area (Å²) in [5.74, 6) is -1.77. The molecule has 2 heterocycles. The van der Waals surface area contributed by atoms with Crippen LogP contribution in [-0.4, -0.2) is 68.7 Å². The maximum Gasteiger partial charge on any atom is 0.340 e. The molecule has 1 fully saturated rings. The maximum atomic E-state index is 15.2. The lowest BCUT2D eigenvalue weighted by Crippen LogP contribution is -2.37. The first kappa shape index (κ1) is 30.6. The molecule has 10 nitrogen and oxygen atoms in total. The lowest BCUT2D eigenvalue weighted by molar-refractivity contribution is 0.0357. The van der Waals surface area contributed by atoms with Crippen LogP contribution in [0.2, 0.25) is 0 Å². The van der Waals surface area contributed by atoms with Crippen LogP contribution in [0.25, 0.3) is 10.9 Å². The molecular formula is C31H30F3N5O5. The summed E-state index contributed by atoms with van der Waals surface area (Å²) in [4.78, 5) is 18.8. The van der Waals surface area contributed by atoms with Gasteiger partial charge in [-0.2, -0.15) is 10.1 Å². The van der Waals surface area contributed by atoms with Gasteiger partial charge in [0, 0.05) is 43.4 Å². The molecule has 0 aliphatic carbocycles. The van der Waals surface area contributed by atoms with Gasteiger partial charge in [-0.05, 0) is 48.4 Å². The fraction of sp³-hybridized carbons (Fsp3) is 0.258. The van der Waals surface area contributed by atoms with Crippen molar-refractivity contribution in [1.82, 2.24) is 9.88 Å². The Labute approximate surface area is 251 Å². The Morgan fingerprint density at radius 2 is 1.82 bits per heavy atom. The Morgan fingerprint density at radius 3 is 2.55 bits per heavy atom. The number of aromatic nitrogens is 1. The molecule has 0 radical (unpaired) electrons. The number of primary amides is 1. The number of rotatable bonds is 11. The minimum absolute atomic E-state index is 0.0159. The highest BCUT2D eigenvalue weighted by molar-refractivity contribution is 5.93. The van der Waals surface area contributed by atoms with Crippen molar-refractivity contribution in [3.8, 4) is 23.0 Å². The first-order valence-corrected chi connectivity index (χ1v) is 13.8. The number of hydrazone groups is 1. The van der Waals surface area contributed by atoms with E-state index >= 15 is 4.39 Å². The van der Waals surface area contributed by atoms with Crippen LogP contribution in [0, 0.1) is 17.5 Å². The number of methoxy groups -OCH3 is 1. The molecule has 0 spiro atoms. The number of anilines is 1. The minimum Gasteiger partial charge on any atom is -0.493 e. The number of benzene rings is 3. The van der Waals surface area contributed by atoms with Crippen molar-refractivity contribution in [2.75, 3.05) is 51.6 Å². The molecule has 0 atom stereocenters. The summed E-state index contributed by atoms with van der Waals surface area (Å²) < 4.78 is 64.8. The number of nitrogens with zero attached hydrogens (tertiary/aromatic N) is 4. The lowest BCUT2D eigenvalue weighted by Gasteiger charge is -2.26. The van der Waals surface area contributed by atoms with Crippen LogP contribution in [0.3, 0.4) is 0 Å². The molecule has 1 saturated heterocycles. The minimum atomic E-state index is -1.09. The van der Waals surface area contributed by atoms with Gasteiger partial charge in [0.25, 0.3) is 0 Å². The number of hydrogen-bond acceptors (Lipinski definition) is 8. The zero-order chi connectivity index (χ0) is 31.1. The standard InChI is InChI=1S/C31H30F3N5O5/c1-41-29-17-22-26(18-30(29)43-12-2-9-38-10-13-42-14-11-38)36-8-7-27(22)44-28-6-4-21(16-25(28)34)39(31(35)40)37-19-20-3-5-23(32)24(33)15-20/h3-8,15-19H,2,9-14H2,1H3,(H2,35,40). The summed E-state index contributed by atoms with van der Waals surface area (Å²) in [5, 5.41) is 5.17. The second-order valence-corrected chi connectivity index (χ2v) is 9.77. The van der Waals surface area contributed by atoms with Gasteiger partial charge < -0.3 is 24.7 Å². The number of morpholine rings is 1. The van der Waals surface area contributed by atoms with E-state index in [1.807, 2.05) is 0 Å². The third-order valence-corrected chi connectivity index (χ3v) is 6.82. The second-order valence-electron chi connectivity index (χ2n) is 9.77. The molecule has 2 amide bonds. The van der Waals surface area contributed by atoms with Crippen molar-refractivity contribution >= 4 is 28.8 Å². The van der Waals surface area contributed by atoms with E-state index in [-0.39, 0.29) is 17.0 Å². The van der Waals surface area contributed by atoms with Crippen LogP contribution >= 0.6 is 0 Å². The molecule has 44 heavy (non-hydrogen) atoms. The highest BCUT2D eigenvalue weighted by atomic mass is 19.2. The fourth-order valence-electron chi connectivity index (χ4n) is 4.58. The van der Waals surface area contributed by atoms with E-state index in [2.05, 4.69) is 15.0 Å². The zero-order valence-corrected chi connectivity index (χ0v) is 23.8. The van der Waals surface area contributed by atoms with Crippen LogP contribution in [0.15, 0.2) is 65.9 Å². The maximum absolute atomic E-state index is 15.2. The Morgan fingerprint density at radius 1 is 1.00 bits per heavy atom. The third-order valence-electron chi connectivity index (χ3n) is 6.82. The molecule has 230 valence electrons. The van der Waals surface area contributed by atoms with Gasteiger partial charge in [-0.25, -0.2) is 18.0 Å². The number of pyridine rings is 1. The summed E-state index contributed by atoms with van der Waals surface area (Å²) in [6.07, 6.45) is 3.45. The normalized spacial score (nSPS) is 13.7. The van der Waals surface area contributed by atoms with Gasteiger partial charge in [0.05, 0.1) is 44.3 Å². The molecule has 0 saturated carbocycles. The summed E-state index contributed by atoms with van der Waals surface area (Å²) in [6.45, 7) is 4.69. The SMILES string of the molecule is COc1cc2c(Oc3ccc(N(N=Cc4ccc(F)c(F)c4)C(N)=O)cc3F)ccnc2cc1OCCCN1CCOCC1. The van der Waals surface area contributed by atoms with E-state index in [4.69, 9.17) is 24.7 Å². The van der Waals surface area contributed by atoms with Gasteiger partial charge in [0.2, 0.25) is 0 Å². The lowest BCUT2D eigenvalue weighted by atomic mass is 10.1. The van der Waals surface area contributed by atoms with Gasteiger partial charge in [-0.15, -0.1) is 0 Å². The van der Waals surface area contributed by atoms with Crippen molar-refractivity contribution in [3.05, 3.63) is 83.8 Å². The predicted octanol–water partition coefficient (Wildman–Crippen LogP) is 5.47. The molecule has 1 aromatic heterocycles. The summed E-state index contributed by atoms with van der Waals surface area (Å²) in [7, 11) is 1.52. The summed E-state index contributed by atoms with van der Waals surface area (Å²) >= 11 is 0. The molecule has 5 rings (SSSR count). The smallest absolute Gasteiger partial charge is 0.340 e. The van der Waals surface area contributed by atoms with Gasteiger partial charge in [-0.3, -0.25) is 9.88 Å². The Balaban J connectivity index is 1.31. The third kappa shape index (κ3) is 7.36. The summed E-state index contributed by atoms with van der Waals surface area (Å²) in [5.41, 5.74) is 6.12. The van der Waals surface area contributed by atoms with Gasteiger partial charge in [0.15, 0.2) is 34.7 Å². The number of carbonyl (C=O) groups excluding carboxylic acids is 1. The molecule has 1 aliphatic rings. The molecule has 4 aromatic rings. The number of halogens is 3. The number of urea groups is 1. The van der Waals surface area contributed by atoms with Gasteiger partial charge in [-0.1, -0.05) is 6.07 Å². The van der Waals surface area contributed by atoms with E-state index in [1.165, 1.54) is 31.5 Å².